The van der Waals surface area contributed by atoms with Crippen LogP contribution in [0.2, 0.25) is 0 Å². The standard InChI is InChI=1S/C21H22O4/c1-21(23)13-19(25-20(22)14-21)11-10-16-8-5-9-18(12-16)24-15-17-6-3-2-4-7-17/h2-12,19,23H,13-15H2,1H3. The van der Waals surface area contributed by atoms with Gasteiger partial charge in [0.25, 0.3) is 0 Å². The summed E-state index contributed by atoms with van der Waals surface area (Å²) in [6, 6.07) is 17.7. The lowest BCUT2D eigenvalue weighted by Crippen LogP contribution is -2.40. The summed E-state index contributed by atoms with van der Waals surface area (Å²) in [7, 11) is 0. The van der Waals surface area contributed by atoms with Crippen molar-refractivity contribution in [3.63, 3.8) is 0 Å². The highest BCUT2D eigenvalue weighted by molar-refractivity contribution is 5.72. The molecule has 2 aromatic carbocycles. The number of cyclic esters (lactones) is 1. The van der Waals surface area contributed by atoms with Crippen molar-refractivity contribution >= 4 is 12.0 Å². The minimum atomic E-state index is -1.01. The van der Waals surface area contributed by atoms with Crippen molar-refractivity contribution in [1.29, 1.82) is 0 Å². The van der Waals surface area contributed by atoms with Crippen LogP contribution in [-0.4, -0.2) is 22.8 Å². The van der Waals surface area contributed by atoms with E-state index >= 15 is 0 Å². The van der Waals surface area contributed by atoms with Crippen LogP contribution in [0.4, 0.5) is 0 Å². The molecule has 0 bridgehead atoms. The Morgan fingerprint density at radius 1 is 1.24 bits per heavy atom. The molecule has 0 amide bonds. The number of carbonyl (C=O) groups is 1. The SMILES string of the molecule is CC1(O)CC(=O)OC(C=Cc2cccc(OCc3ccccc3)c2)C1. The van der Waals surface area contributed by atoms with Crippen LogP contribution in [-0.2, 0) is 16.1 Å². The van der Waals surface area contributed by atoms with Crippen LogP contribution in [0.25, 0.3) is 6.08 Å². The first-order chi connectivity index (χ1) is 12.0. The van der Waals surface area contributed by atoms with Gasteiger partial charge in [0.05, 0.1) is 12.0 Å². The Balaban J connectivity index is 1.62. The van der Waals surface area contributed by atoms with E-state index in [-0.39, 0.29) is 12.4 Å². The smallest absolute Gasteiger partial charge is 0.309 e. The molecule has 0 spiro atoms. The second-order valence-corrected chi connectivity index (χ2v) is 6.61. The number of hydrogen-bond donors (Lipinski definition) is 1. The Hall–Kier alpha value is -2.59. The van der Waals surface area contributed by atoms with Crippen molar-refractivity contribution in [3.05, 3.63) is 71.8 Å². The van der Waals surface area contributed by atoms with E-state index in [1.54, 1.807) is 6.92 Å². The van der Waals surface area contributed by atoms with Gasteiger partial charge in [0.15, 0.2) is 0 Å². The summed E-state index contributed by atoms with van der Waals surface area (Å²) in [5.41, 5.74) is 1.05. The maximum atomic E-state index is 11.5. The largest absolute Gasteiger partial charge is 0.489 e. The molecule has 0 aromatic heterocycles. The molecular weight excluding hydrogens is 316 g/mol. The van der Waals surface area contributed by atoms with Gasteiger partial charge in [0.2, 0.25) is 0 Å². The van der Waals surface area contributed by atoms with E-state index in [2.05, 4.69) is 0 Å². The van der Waals surface area contributed by atoms with Gasteiger partial charge in [-0.2, -0.15) is 0 Å². The molecule has 0 saturated carbocycles. The molecule has 4 nitrogen and oxygen atoms in total. The van der Waals surface area contributed by atoms with Crippen molar-refractivity contribution in [3.8, 4) is 5.75 Å². The fraction of sp³-hybridized carbons (Fsp3) is 0.286. The van der Waals surface area contributed by atoms with Crippen molar-refractivity contribution in [2.45, 2.75) is 38.1 Å². The fourth-order valence-electron chi connectivity index (χ4n) is 2.84. The van der Waals surface area contributed by atoms with Gasteiger partial charge in [-0.25, -0.2) is 0 Å². The Kier molecular flexibility index (Phi) is 5.19. The van der Waals surface area contributed by atoms with Gasteiger partial charge in [0, 0.05) is 6.42 Å². The number of benzene rings is 2. The third kappa shape index (κ3) is 5.19. The molecule has 1 N–H and O–H groups in total. The molecule has 1 saturated heterocycles. The predicted molar refractivity (Wildman–Crippen MR) is 96.0 cm³/mol. The van der Waals surface area contributed by atoms with Crippen LogP contribution in [0.5, 0.6) is 5.75 Å². The summed E-state index contributed by atoms with van der Waals surface area (Å²) in [6.07, 6.45) is 3.72. The molecule has 2 atom stereocenters. The molecule has 3 rings (SSSR count). The minimum absolute atomic E-state index is 0.0418. The van der Waals surface area contributed by atoms with Gasteiger partial charge in [-0.1, -0.05) is 48.5 Å². The maximum Gasteiger partial charge on any atom is 0.309 e. The summed E-state index contributed by atoms with van der Waals surface area (Å²) < 4.78 is 11.1. The lowest BCUT2D eigenvalue weighted by Gasteiger charge is -2.31. The zero-order valence-electron chi connectivity index (χ0n) is 14.2. The van der Waals surface area contributed by atoms with E-state index in [0.29, 0.717) is 13.0 Å². The first-order valence-corrected chi connectivity index (χ1v) is 8.37. The van der Waals surface area contributed by atoms with Crippen LogP contribution in [0.1, 0.15) is 30.9 Å². The van der Waals surface area contributed by atoms with Crippen molar-refractivity contribution in [2.24, 2.45) is 0 Å². The van der Waals surface area contributed by atoms with Crippen LogP contribution in [0, 0.1) is 0 Å². The van der Waals surface area contributed by atoms with Crippen molar-refractivity contribution in [2.75, 3.05) is 0 Å². The predicted octanol–water partition coefficient (Wildman–Crippen LogP) is 3.74. The average molecular weight is 338 g/mol. The number of carbonyl (C=O) groups excluding carboxylic acids is 1. The highest BCUT2D eigenvalue weighted by Crippen LogP contribution is 2.26. The topological polar surface area (TPSA) is 55.8 Å². The van der Waals surface area contributed by atoms with Crippen LogP contribution < -0.4 is 4.74 Å². The summed E-state index contributed by atoms with van der Waals surface area (Å²) in [4.78, 5) is 11.5. The molecule has 1 aliphatic rings. The minimum Gasteiger partial charge on any atom is -0.489 e. The van der Waals surface area contributed by atoms with E-state index in [9.17, 15) is 9.90 Å². The molecule has 2 aromatic rings. The number of rotatable bonds is 5. The average Bonchev–Trinajstić information content (AvgIpc) is 2.58. The number of aliphatic hydroxyl groups is 1. The molecule has 2 unspecified atom stereocenters. The molecule has 1 aliphatic heterocycles. The van der Waals surface area contributed by atoms with Crippen LogP contribution in [0.15, 0.2) is 60.7 Å². The summed E-state index contributed by atoms with van der Waals surface area (Å²) in [5.74, 6) is 0.407. The normalized spacial score (nSPS) is 23.4. The van der Waals surface area contributed by atoms with Crippen molar-refractivity contribution in [1.82, 2.24) is 0 Å². The van der Waals surface area contributed by atoms with E-state index in [1.807, 2.05) is 66.7 Å². The van der Waals surface area contributed by atoms with Gasteiger partial charge < -0.3 is 14.6 Å². The Labute approximate surface area is 147 Å². The molecule has 0 aliphatic carbocycles. The van der Waals surface area contributed by atoms with E-state index in [4.69, 9.17) is 9.47 Å². The number of hydrogen-bond acceptors (Lipinski definition) is 4. The zero-order valence-corrected chi connectivity index (χ0v) is 14.2. The summed E-state index contributed by atoms with van der Waals surface area (Å²) in [5, 5.41) is 10.1. The van der Waals surface area contributed by atoms with Crippen LogP contribution >= 0.6 is 0 Å². The highest BCUT2D eigenvalue weighted by atomic mass is 16.5. The molecular formula is C21H22O4. The quantitative estimate of drug-likeness (QED) is 0.844. The lowest BCUT2D eigenvalue weighted by molar-refractivity contribution is -0.163. The molecule has 0 radical (unpaired) electrons. The highest BCUT2D eigenvalue weighted by Gasteiger charge is 2.34. The Morgan fingerprint density at radius 2 is 2.04 bits per heavy atom. The number of esters is 1. The Morgan fingerprint density at radius 3 is 2.80 bits per heavy atom. The second kappa shape index (κ2) is 7.53. The maximum absolute atomic E-state index is 11.5. The van der Waals surface area contributed by atoms with Gasteiger partial charge >= 0.3 is 5.97 Å². The third-order valence-electron chi connectivity index (χ3n) is 4.06. The van der Waals surface area contributed by atoms with Gasteiger partial charge in [-0.05, 0) is 36.3 Å². The monoisotopic (exact) mass is 338 g/mol. The molecule has 25 heavy (non-hydrogen) atoms. The van der Waals surface area contributed by atoms with Crippen LogP contribution in [0.3, 0.4) is 0 Å². The first kappa shape index (κ1) is 17.2. The summed E-state index contributed by atoms with van der Waals surface area (Å²) >= 11 is 0. The lowest BCUT2D eigenvalue weighted by atomic mass is 9.92. The molecule has 4 heteroatoms. The van der Waals surface area contributed by atoms with Gasteiger partial charge in [-0.15, -0.1) is 0 Å². The van der Waals surface area contributed by atoms with E-state index < -0.39 is 11.7 Å². The number of ether oxygens (including phenoxy) is 2. The van der Waals surface area contributed by atoms with Crippen molar-refractivity contribution < 1.29 is 19.4 Å². The zero-order chi connectivity index (χ0) is 17.7. The van der Waals surface area contributed by atoms with Gasteiger partial charge in [0.1, 0.15) is 18.5 Å². The molecule has 1 fully saturated rings. The van der Waals surface area contributed by atoms with E-state index in [0.717, 1.165) is 16.9 Å². The second-order valence-electron chi connectivity index (χ2n) is 6.61. The molecule has 1 heterocycles. The molecule has 130 valence electrons. The van der Waals surface area contributed by atoms with Gasteiger partial charge in [-0.3, -0.25) is 4.79 Å². The first-order valence-electron chi connectivity index (χ1n) is 8.37. The fourth-order valence-corrected chi connectivity index (χ4v) is 2.84. The summed E-state index contributed by atoms with van der Waals surface area (Å²) in [6.45, 7) is 2.17. The third-order valence-corrected chi connectivity index (χ3v) is 4.06. The Bertz CT molecular complexity index is 750. The van der Waals surface area contributed by atoms with E-state index in [1.165, 1.54) is 0 Å².